The number of aromatic nitrogens is 12. The number of nitrogens with one attached hydrogen (secondary N) is 1. The molecule has 0 amide bonds. The number of nitrogens with two attached hydrogens (primary N) is 3. The number of aliphatic hydroxyl groups is 2. The number of ether oxygens (including phenoxy) is 5. The molecule has 0 aromatic carbocycles. The van der Waals surface area contributed by atoms with Crippen molar-refractivity contribution < 1.29 is 89.8 Å². The summed E-state index contributed by atoms with van der Waals surface area (Å²) in [5, 5.41) is 21.8. The van der Waals surface area contributed by atoms with Crippen LogP contribution < -0.4 is 22.8 Å². The maximum Gasteiger partial charge on any atom is 0.472 e. The Hall–Kier alpha value is -5.10. The Balaban J connectivity index is 0.842. The molecule has 6 aromatic rings. The summed E-state index contributed by atoms with van der Waals surface area (Å²) in [4.78, 5) is 89.1. The molecule has 13 N–H and O–H groups in total. The molecule has 0 radical (unpaired) electrons. The van der Waals surface area contributed by atoms with Crippen LogP contribution in [0.25, 0.3) is 33.5 Å². The van der Waals surface area contributed by atoms with Gasteiger partial charge in [-0.3, -0.25) is 46.1 Å². The molecule has 5 fully saturated rings. The lowest BCUT2D eigenvalue weighted by atomic mass is 10.0. The number of phosphoric acid groups is 3. The second kappa shape index (κ2) is 16.7. The van der Waals surface area contributed by atoms with E-state index in [1.165, 1.54) is 21.8 Å². The molecule has 35 nitrogen and oxygen atoms in total. The first-order valence-corrected chi connectivity index (χ1v) is 24.9. The Bertz CT molecular complexity index is 3250. The number of aromatic amines is 1. The maximum atomic E-state index is 14.1. The number of fused-ring (bicyclic) bond motifs is 7. The topological polar surface area (TPSA) is 494 Å². The van der Waals surface area contributed by atoms with E-state index in [2.05, 4.69) is 44.9 Å². The van der Waals surface area contributed by atoms with Crippen LogP contribution in [0, 0.1) is 0 Å². The molecule has 6 aromatic heterocycles. The molecule has 5 saturated heterocycles. The van der Waals surface area contributed by atoms with Crippen molar-refractivity contribution in [2.45, 2.75) is 72.6 Å². The largest absolute Gasteiger partial charge is 0.472 e. The van der Waals surface area contributed by atoms with Gasteiger partial charge in [-0.25, -0.2) is 48.6 Å². The second-order valence-electron chi connectivity index (χ2n) is 16.5. The van der Waals surface area contributed by atoms with Crippen LogP contribution in [0.15, 0.2) is 36.4 Å². The molecule has 0 spiro atoms. The van der Waals surface area contributed by atoms with Crippen molar-refractivity contribution in [2.75, 3.05) is 50.2 Å². The summed E-state index contributed by atoms with van der Waals surface area (Å²) in [5.41, 5.74) is 13.2. The second-order valence-corrected chi connectivity index (χ2v) is 20.6. The smallest absolute Gasteiger partial charge is 0.387 e. The standard InChI is InChI=1S/C32H38N15O20P3/c33-21-12-23(38-6-36-21)45(8-40-12)28-17-19(31(64-28,2-58-17)4-61-68(51,52)53)67-70(56,57)62-5-32-3-59-18(29(65-32)46-9-41-13-22(34)37-7-39-24(13)46)20(32)66-69(54,55)60-1-11-15(48)16(49)27(63-11)47-10-42-14-25(47)43-30(35)44-26(14)50/h6-11,15-20,27-29,48-49H,1-5H2,(H,54,55)(H,56,57)(H2,33,36,38)(H2,34,37,39)(H2,51,52,53)(H3,35,43,44,50)/t11-,15?,16+,17+,18+,19?,20?,27-,28-,29-,31-,32-/m1/s1. The van der Waals surface area contributed by atoms with Crippen LogP contribution in [0.1, 0.15) is 18.7 Å². The van der Waals surface area contributed by atoms with Crippen molar-refractivity contribution in [3.63, 3.8) is 0 Å². The van der Waals surface area contributed by atoms with Crippen molar-refractivity contribution in [1.82, 2.24) is 58.6 Å². The van der Waals surface area contributed by atoms with Crippen LogP contribution >= 0.6 is 23.5 Å². The first-order valence-electron chi connectivity index (χ1n) is 20.4. The fourth-order valence-electron chi connectivity index (χ4n) is 8.99. The molecular formula is C32H38N15O20P3. The van der Waals surface area contributed by atoms with Crippen molar-refractivity contribution in [1.29, 1.82) is 0 Å². The SMILES string of the molecule is Nc1nc2c(ncn2[C@@H]2O[C@H](COP(=O)(O)OC3[C@@H]4OC[C@]3(COP(=O)(O)OC3[C@@H]5OC[C@]3(COP(=O)(O)O)O[C@H]5n3cnc5c(N)ncnc53)O[C@H]4n3cnc4c(N)ncnc43)C(O)[C@@H]2O)c(=O)[nH]1. The van der Waals surface area contributed by atoms with Gasteiger partial charge in [0.15, 0.2) is 52.8 Å². The van der Waals surface area contributed by atoms with Crippen molar-refractivity contribution in [2.24, 2.45) is 0 Å². The molecule has 0 saturated carbocycles. The van der Waals surface area contributed by atoms with E-state index in [0.29, 0.717) is 0 Å². The van der Waals surface area contributed by atoms with Gasteiger partial charge in [-0.05, 0) is 0 Å². The Morgan fingerprint density at radius 2 is 1.17 bits per heavy atom. The van der Waals surface area contributed by atoms with E-state index in [1.54, 1.807) is 0 Å². The molecule has 38 heteroatoms. The minimum atomic E-state index is -5.42. The molecule has 11 rings (SSSR count). The third-order valence-corrected chi connectivity index (χ3v) is 14.6. The van der Waals surface area contributed by atoms with Crippen molar-refractivity contribution in [3.8, 4) is 0 Å². The number of hydrogen-bond donors (Lipinski definition) is 10. The predicted molar refractivity (Wildman–Crippen MR) is 222 cm³/mol. The molecular weight excluding hydrogens is 1010 g/mol. The molecule has 14 atom stereocenters. The van der Waals surface area contributed by atoms with Gasteiger partial charge >= 0.3 is 23.5 Å². The lowest BCUT2D eigenvalue weighted by Crippen LogP contribution is -2.47. The van der Waals surface area contributed by atoms with E-state index in [9.17, 15) is 48.3 Å². The van der Waals surface area contributed by atoms with Gasteiger partial charge in [0.05, 0.1) is 52.0 Å². The number of anilines is 3. The van der Waals surface area contributed by atoms with E-state index in [-0.39, 0.29) is 51.1 Å². The fraction of sp³-hybridized carbons (Fsp3) is 0.531. The first kappa shape index (κ1) is 47.2. The highest BCUT2D eigenvalue weighted by Crippen LogP contribution is 2.59. The van der Waals surface area contributed by atoms with Crippen LogP contribution in [0.2, 0.25) is 0 Å². The third kappa shape index (κ3) is 7.97. The van der Waals surface area contributed by atoms with Crippen LogP contribution in [-0.2, 0) is 60.0 Å². The summed E-state index contributed by atoms with van der Waals surface area (Å²) in [6.07, 6.45) is -9.10. The predicted octanol–water partition coefficient (Wildman–Crippen LogP) is -3.39. The molecule has 5 aliphatic heterocycles. The number of H-pyrrole nitrogens is 1. The maximum absolute atomic E-state index is 14.1. The van der Waals surface area contributed by atoms with Crippen molar-refractivity contribution >= 4 is 74.5 Å². The minimum Gasteiger partial charge on any atom is -0.387 e. The van der Waals surface area contributed by atoms with Gasteiger partial charge in [-0.1, -0.05) is 0 Å². The summed E-state index contributed by atoms with van der Waals surface area (Å²) in [6.45, 7) is -3.78. The van der Waals surface area contributed by atoms with Gasteiger partial charge in [-0.15, -0.1) is 0 Å². The lowest BCUT2D eigenvalue weighted by molar-refractivity contribution is -0.186. The zero-order valence-corrected chi connectivity index (χ0v) is 37.8. The molecule has 11 heterocycles. The summed E-state index contributed by atoms with van der Waals surface area (Å²) < 4.78 is 101. The Labute approximate surface area is 387 Å². The number of hydrogen-bond acceptors (Lipinski definition) is 27. The summed E-state index contributed by atoms with van der Waals surface area (Å²) in [5.74, 6) is -0.283. The molecule has 4 bridgehead atoms. The average molecular weight is 1050 g/mol. The Morgan fingerprint density at radius 3 is 1.71 bits per heavy atom. The molecule has 70 heavy (non-hydrogen) atoms. The number of aliphatic hydroxyl groups excluding tert-OH is 2. The van der Waals surface area contributed by atoms with Gasteiger partial charge in [0.2, 0.25) is 5.95 Å². The van der Waals surface area contributed by atoms with E-state index < -0.39 is 135 Å². The number of imidazole rings is 3. The highest BCUT2D eigenvalue weighted by molar-refractivity contribution is 7.47. The van der Waals surface area contributed by atoms with E-state index in [1.807, 2.05) is 0 Å². The zero-order valence-electron chi connectivity index (χ0n) is 35.1. The van der Waals surface area contributed by atoms with E-state index >= 15 is 0 Å². The van der Waals surface area contributed by atoms with E-state index in [4.69, 9.17) is 63.5 Å². The number of nitrogens with zero attached hydrogens (tertiary/aromatic N) is 11. The van der Waals surface area contributed by atoms with Crippen LogP contribution in [0.3, 0.4) is 0 Å². The number of rotatable bonds is 16. The van der Waals surface area contributed by atoms with Crippen molar-refractivity contribution in [3.05, 3.63) is 42.0 Å². The van der Waals surface area contributed by atoms with Crippen LogP contribution in [0.5, 0.6) is 0 Å². The summed E-state index contributed by atoms with van der Waals surface area (Å²) in [6, 6.07) is 0. The van der Waals surface area contributed by atoms with Gasteiger partial charge in [0.25, 0.3) is 5.56 Å². The lowest BCUT2D eigenvalue weighted by Gasteiger charge is -2.33. The highest BCUT2D eigenvalue weighted by Gasteiger charge is 2.68. The quantitative estimate of drug-likeness (QED) is 0.0423. The highest BCUT2D eigenvalue weighted by atomic mass is 31.2. The normalized spacial score (nSPS) is 33.5. The third-order valence-electron chi connectivity index (χ3n) is 12.2. The summed E-state index contributed by atoms with van der Waals surface area (Å²) in [7, 11) is -15.9. The molecule has 376 valence electrons. The van der Waals surface area contributed by atoms with Crippen LogP contribution in [0.4, 0.5) is 17.6 Å². The van der Waals surface area contributed by atoms with Crippen LogP contribution in [-0.4, -0.2) is 175 Å². The molecule has 5 aliphatic rings. The van der Waals surface area contributed by atoms with E-state index in [0.717, 1.165) is 23.5 Å². The van der Waals surface area contributed by atoms with Gasteiger partial charge in [0, 0.05) is 0 Å². The fourth-order valence-corrected chi connectivity index (χ4v) is 11.4. The molecule has 0 aliphatic carbocycles. The van der Waals surface area contributed by atoms with Gasteiger partial charge in [0.1, 0.15) is 77.6 Å². The minimum absolute atomic E-state index is 0.00700. The monoisotopic (exact) mass is 1050 g/mol. The average Bonchev–Trinajstić information content (AvgIpc) is 4.20. The Morgan fingerprint density at radius 1 is 0.671 bits per heavy atom. The number of nitrogen functional groups attached to an aromatic ring is 3. The number of phosphoric ester groups is 3. The van der Waals surface area contributed by atoms with Gasteiger partial charge in [-0.2, -0.15) is 4.98 Å². The first-order chi connectivity index (χ1) is 33.2. The van der Waals surface area contributed by atoms with Gasteiger partial charge < -0.3 is 70.7 Å². The Kier molecular flexibility index (Phi) is 11.3. The molecule has 5 unspecified atom stereocenters. The summed E-state index contributed by atoms with van der Waals surface area (Å²) >= 11 is 0. The zero-order chi connectivity index (χ0) is 49.3.